The largest absolute Gasteiger partial charge is 0.497 e. The van der Waals surface area contributed by atoms with Crippen LogP contribution in [0.25, 0.3) is 17.1 Å². The molecule has 0 aliphatic heterocycles. The van der Waals surface area contributed by atoms with E-state index in [1.165, 1.54) is 5.56 Å². The third-order valence-electron chi connectivity index (χ3n) is 5.42. The molecule has 0 radical (unpaired) electrons. The highest BCUT2D eigenvalue weighted by Gasteiger charge is 2.18. The Morgan fingerprint density at radius 1 is 0.909 bits per heavy atom. The lowest BCUT2D eigenvalue weighted by Crippen LogP contribution is -2.10. The van der Waals surface area contributed by atoms with E-state index >= 15 is 0 Å². The van der Waals surface area contributed by atoms with E-state index in [4.69, 9.17) is 10.00 Å². The van der Waals surface area contributed by atoms with E-state index in [-0.39, 0.29) is 5.41 Å². The van der Waals surface area contributed by atoms with E-state index in [0.29, 0.717) is 5.56 Å². The Bertz CT molecular complexity index is 1260. The Morgan fingerprint density at radius 3 is 2.15 bits per heavy atom. The molecule has 4 rings (SSSR count). The van der Waals surface area contributed by atoms with Crippen LogP contribution in [0.5, 0.6) is 5.75 Å². The monoisotopic (exact) mass is 454 g/mol. The number of thioether (sulfide) groups is 1. The fraction of sp³-hybridized carbons (Fsp3) is 0.222. The third kappa shape index (κ3) is 5.10. The molecule has 4 aromatic rings. The van der Waals surface area contributed by atoms with Crippen LogP contribution in [0, 0.1) is 11.3 Å². The highest BCUT2D eigenvalue weighted by Crippen LogP contribution is 2.32. The second-order valence-electron chi connectivity index (χ2n) is 8.76. The third-order valence-corrected chi connectivity index (χ3v) is 6.42. The van der Waals surface area contributed by atoms with Crippen molar-refractivity contribution in [2.24, 2.45) is 0 Å². The van der Waals surface area contributed by atoms with Gasteiger partial charge in [-0.2, -0.15) is 5.26 Å². The quantitative estimate of drug-likeness (QED) is 0.315. The summed E-state index contributed by atoms with van der Waals surface area (Å²) >= 11 is 1.62. The topological polar surface area (TPSA) is 63.7 Å². The van der Waals surface area contributed by atoms with Gasteiger partial charge < -0.3 is 4.74 Å². The predicted molar refractivity (Wildman–Crippen MR) is 133 cm³/mol. The summed E-state index contributed by atoms with van der Waals surface area (Å²) in [5.41, 5.74) is 5.13. The summed E-state index contributed by atoms with van der Waals surface area (Å²) in [6, 6.07) is 26.2. The predicted octanol–water partition coefficient (Wildman–Crippen LogP) is 6.40. The van der Waals surface area contributed by atoms with Gasteiger partial charge in [0.05, 0.1) is 18.7 Å². The van der Waals surface area contributed by atoms with Crippen molar-refractivity contribution in [3.05, 3.63) is 89.5 Å². The zero-order valence-electron chi connectivity index (χ0n) is 19.2. The SMILES string of the molecule is COc1ccc(-n2c(SCc3ccc(C#N)cc3)nnc2-c2ccc(C(C)(C)C)cc2)cc1. The van der Waals surface area contributed by atoms with Gasteiger partial charge in [-0.25, -0.2) is 0 Å². The van der Waals surface area contributed by atoms with Crippen LogP contribution in [0.1, 0.15) is 37.5 Å². The number of rotatable bonds is 6. The highest BCUT2D eigenvalue weighted by atomic mass is 32.2. The summed E-state index contributed by atoms with van der Waals surface area (Å²) in [5.74, 6) is 2.32. The van der Waals surface area contributed by atoms with Crippen molar-refractivity contribution >= 4 is 11.8 Å². The van der Waals surface area contributed by atoms with Crippen molar-refractivity contribution in [1.82, 2.24) is 14.8 Å². The van der Waals surface area contributed by atoms with Crippen LogP contribution < -0.4 is 4.74 Å². The molecule has 1 aromatic heterocycles. The van der Waals surface area contributed by atoms with E-state index in [1.807, 2.05) is 48.5 Å². The Labute approximate surface area is 199 Å². The minimum Gasteiger partial charge on any atom is -0.497 e. The summed E-state index contributed by atoms with van der Waals surface area (Å²) in [6.45, 7) is 6.62. The Hall–Kier alpha value is -3.56. The van der Waals surface area contributed by atoms with E-state index in [0.717, 1.165) is 39.3 Å². The summed E-state index contributed by atoms with van der Waals surface area (Å²) in [6.07, 6.45) is 0. The van der Waals surface area contributed by atoms with Crippen molar-refractivity contribution < 1.29 is 4.74 Å². The van der Waals surface area contributed by atoms with Gasteiger partial charge in [0.1, 0.15) is 5.75 Å². The molecule has 0 spiro atoms. The van der Waals surface area contributed by atoms with Crippen LogP contribution in [-0.2, 0) is 11.2 Å². The van der Waals surface area contributed by atoms with Crippen molar-refractivity contribution in [1.29, 1.82) is 5.26 Å². The molecule has 0 fully saturated rings. The molecule has 1 heterocycles. The second kappa shape index (κ2) is 9.51. The number of ether oxygens (including phenoxy) is 1. The standard InChI is InChI=1S/C27H26N4OS/c1-27(2,3)22-11-9-21(10-12-22)25-29-30-26(31(25)23-13-15-24(32-4)16-14-23)33-18-20-7-5-19(17-28)6-8-20/h5-16H,18H2,1-4H3. The minimum absolute atomic E-state index is 0.0876. The molecule has 166 valence electrons. The van der Waals surface area contributed by atoms with Gasteiger partial charge in [-0.05, 0) is 52.9 Å². The molecule has 0 atom stereocenters. The molecule has 0 unspecified atom stereocenters. The lowest BCUT2D eigenvalue weighted by molar-refractivity contribution is 0.414. The first-order chi connectivity index (χ1) is 15.9. The average molecular weight is 455 g/mol. The summed E-state index contributed by atoms with van der Waals surface area (Å²) < 4.78 is 7.42. The minimum atomic E-state index is 0.0876. The Balaban J connectivity index is 1.70. The average Bonchev–Trinajstić information content (AvgIpc) is 3.26. The van der Waals surface area contributed by atoms with Crippen LogP contribution in [0.4, 0.5) is 0 Å². The zero-order valence-corrected chi connectivity index (χ0v) is 20.1. The second-order valence-corrected chi connectivity index (χ2v) is 9.71. The van der Waals surface area contributed by atoms with Gasteiger partial charge in [0.2, 0.25) is 0 Å². The van der Waals surface area contributed by atoms with Gasteiger partial charge in [-0.15, -0.1) is 10.2 Å². The molecule has 5 nitrogen and oxygen atoms in total. The first kappa shape index (κ1) is 22.6. The first-order valence-corrected chi connectivity index (χ1v) is 11.7. The molecule has 33 heavy (non-hydrogen) atoms. The van der Waals surface area contributed by atoms with Crippen molar-refractivity contribution in [3.63, 3.8) is 0 Å². The maximum absolute atomic E-state index is 9.02. The highest BCUT2D eigenvalue weighted by molar-refractivity contribution is 7.98. The molecule has 0 aliphatic carbocycles. The van der Waals surface area contributed by atoms with Crippen molar-refractivity contribution in [3.8, 4) is 28.9 Å². The normalized spacial score (nSPS) is 11.2. The van der Waals surface area contributed by atoms with Crippen molar-refractivity contribution in [2.75, 3.05) is 7.11 Å². The van der Waals surface area contributed by atoms with Crippen LogP contribution in [0.15, 0.2) is 78.0 Å². The zero-order chi connectivity index (χ0) is 23.4. The summed E-state index contributed by atoms with van der Waals surface area (Å²) in [7, 11) is 1.66. The molecule has 6 heteroatoms. The van der Waals surface area contributed by atoms with Gasteiger partial charge in [-0.3, -0.25) is 4.57 Å². The number of nitriles is 1. The molecule has 0 saturated carbocycles. The number of aromatic nitrogens is 3. The van der Waals surface area contributed by atoms with Gasteiger partial charge >= 0.3 is 0 Å². The fourth-order valence-electron chi connectivity index (χ4n) is 3.46. The number of hydrogen-bond acceptors (Lipinski definition) is 5. The lowest BCUT2D eigenvalue weighted by Gasteiger charge is -2.19. The molecule has 3 aromatic carbocycles. The van der Waals surface area contributed by atoms with Crippen LogP contribution in [0.2, 0.25) is 0 Å². The molecular formula is C27H26N4OS. The summed E-state index contributed by atoms with van der Waals surface area (Å²) in [4.78, 5) is 0. The van der Waals surface area contributed by atoms with E-state index < -0.39 is 0 Å². The Kier molecular flexibility index (Phi) is 6.52. The Morgan fingerprint density at radius 2 is 1.58 bits per heavy atom. The number of nitrogens with zero attached hydrogens (tertiary/aromatic N) is 4. The van der Waals surface area contributed by atoms with Crippen LogP contribution >= 0.6 is 11.8 Å². The molecule has 0 saturated heterocycles. The van der Waals surface area contributed by atoms with Crippen LogP contribution in [-0.4, -0.2) is 21.9 Å². The fourth-order valence-corrected chi connectivity index (χ4v) is 4.36. The molecule has 0 amide bonds. The van der Waals surface area contributed by atoms with Gasteiger partial charge in [0.15, 0.2) is 11.0 Å². The molecule has 0 aliphatic rings. The first-order valence-electron chi connectivity index (χ1n) is 10.7. The smallest absolute Gasteiger partial charge is 0.196 e. The molecule has 0 bridgehead atoms. The molecular weight excluding hydrogens is 428 g/mol. The lowest BCUT2D eigenvalue weighted by atomic mass is 9.87. The molecule has 0 N–H and O–H groups in total. The van der Waals surface area contributed by atoms with Gasteiger partial charge in [0, 0.05) is 17.0 Å². The number of methoxy groups -OCH3 is 1. The van der Waals surface area contributed by atoms with Gasteiger partial charge in [0.25, 0.3) is 0 Å². The van der Waals surface area contributed by atoms with E-state index in [9.17, 15) is 0 Å². The maximum atomic E-state index is 9.02. The summed E-state index contributed by atoms with van der Waals surface area (Å²) in [5, 5.41) is 18.9. The number of hydrogen-bond donors (Lipinski definition) is 0. The van der Waals surface area contributed by atoms with Gasteiger partial charge in [-0.1, -0.05) is 68.9 Å². The number of benzene rings is 3. The maximum Gasteiger partial charge on any atom is 0.196 e. The van der Waals surface area contributed by atoms with Crippen molar-refractivity contribution in [2.45, 2.75) is 37.1 Å². The van der Waals surface area contributed by atoms with E-state index in [1.54, 1.807) is 18.9 Å². The van der Waals surface area contributed by atoms with Crippen LogP contribution in [0.3, 0.4) is 0 Å². The van der Waals surface area contributed by atoms with E-state index in [2.05, 4.69) is 65.9 Å².